The molecule has 2 heterocycles. The SMILES string of the molecule is C1=CNN2C=CSC2=N1. The van der Waals surface area contributed by atoms with Gasteiger partial charge in [-0.2, -0.15) is 0 Å². The first kappa shape index (κ1) is 4.93. The summed E-state index contributed by atoms with van der Waals surface area (Å²) >= 11 is 1.61. The predicted octanol–water partition coefficient (Wildman–Crippen LogP) is 0.852. The lowest BCUT2D eigenvalue weighted by Gasteiger charge is -2.17. The van der Waals surface area contributed by atoms with Gasteiger partial charge in [0, 0.05) is 18.6 Å². The van der Waals surface area contributed by atoms with E-state index in [0.29, 0.717) is 0 Å². The number of hydrogen-bond acceptors (Lipinski definition) is 4. The second-order valence-electron chi connectivity index (χ2n) is 1.63. The predicted molar refractivity (Wildman–Crippen MR) is 38.3 cm³/mol. The van der Waals surface area contributed by atoms with Crippen molar-refractivity contribution in [2.75, 3.05) is 0 Å². The third-order valence-corrected chi connectivity index (χ3v) is 1.83. The Bertz CT molecular complexity index is 206. The molecule has 0 aliphatic carbocycles. The Morgan fingerprint density at radius 2 is 2.67 bits per heavy atom. The molecule has 0 atom stereocenters. The van der Waals surface area contributed by atoms with Crippen LogP contribution >= 0.6 is 11.8 Å². The number of hydrogen-bond donors (Lipinski definition) is 1. The van der Waals surface area contributed by atoms with Crippen molar-refractivity contribution in [3.8, 4) is 0 Å². The molecule has 2 aliphatic heterocycles. The van der Waals surface area contributed by atoms with E-state index in [0.717, 1.165) is 5.17 Å². The van der Waals surface area contributed by atoms with Crippen molar-refractivity contribution >= 4 is 16.9 Å². The monoisotopic (exact) mass is 139 g/mol. The Morgan fingerprint density at radius 3 is 3.56 bits per heavy atom. The second-order valence-corrected chi connectivity index (χ2v) is 2.50. The van der Waals surface area contributed by atoms with Crippen LogP contribution in [-0.2, 0) is 0 Å². The van der Waals surface area contributed by atoms with Crippen molar-refractivity contribution in [3.05, 3.63) is 24.0 Å². The van der Waals surface area contributed by atoms with Crippen LogP contribution in [0.4, 0.5) is 0 Å². The number of nitrogens with one attached hydrogen (secondary N) is 1. The number of aliphatic imine (C=N–C) groups is 1. The van der Waals surface area contributed by atoms with Crippen molar-refractivity contribution in [2.45, 2.75) is 0 Å². The molecule has 0 saturated heterocycles. The minimum absolute atomic E-state index is 0.984. The third-order valence-electron chi connectivity index (χ3n) is 1.06. The average Bonchev–Trinajstić information content (AvgIpc) is 2.33. The summed E-state index contributed by atoms with van der Waals surface area (Å²) in [4.78, 5) is 4.09. The largest absolute Gasteiger partial charge is 0.298 e. The van der Waals surface area contributed by atoms with Crippen LogP contribution < -0.4 is 5.43 Å². The highest BCUT2D eigenvalue weighted by Gasteiger charge is 2.13. The lowest BCUT2D eigenvalue weighted by Crippen LogP contribution is -2.32. The van der Waals surface area contributed by atoms with Gasteiger partial charge in [-0.05, 0) is 5.41 Å². The summed E-state index contributed by atoms with van der Waals surface area (Å²) in [6.07, 6.45) is 5.47. The zero-order valence-corrected chi connectivity index (χ0v) is 5.43. The van der Waals surface area contributed by atoms with Crippen LogP contribution in [0.15, 0.2) is 29.0 Å². The van der Waals surface area contributed by atoms with E-state index in [4.69, 9.17) is 0 Å². The summed E-state index contributed by atoms with van der Waals surface area (Å²) in [5.74, 6) is 0. The minimum Gasteiger partial charge on any atom is -0.298 e. The van der Waals surface area contributed by atoms with Gasteiger partial charge in [0.2, 0.25) is 0 Å². The highest BCUT2D eigenvalue weighted by atomic mass is 32.2. The first-order valence-corrected chi connectivity index (χ1v) is 3.46. The van der Waals surface area contributed by atoms with Gasteiger partial charge >= 0.3 is 0 Å². The molecule has 2 aliphatic rings. The van der Waals surface area contributed by atoms with Crippen molar-refractivity contribution < 1.29 is 0 Å². The van der Waals surface area contributed by atoms with Gasteiger partial charge in [0.15, 0.2) is 5.17 Å². The zero-order valence-electron chi connectivity index (χ0n) is 4.61. The number of fused-ring (bicyclic) bond motifs is 1. The van der Waals surface area contributed by atoms with Crippen molar-refractivity contribution in [1.29, 1.82) is 0 Å². The summed E-state index contributed by atoms with van der Waals surface area (Å²) in [6.45, 7) is 0. The van der Waals surface area contributed by atoms with Gasteiger partial charge in [-0.1, -0.05) is 11.8 Å². The van der Waals surface area contributed by atoms with Gasteiger partial charge in [0.25, 0.3) is 0 Å². The van der Waals surface area contributed by atoms with Gasteiger partial charge in [0.1, 0.15) is 0 Å². The van der Waals surface area contributed by atoms with Crippen molar-refractivity contribution in [2.24, 2.45) is 4.99 Å². The third kappa shape index (κ3) is 0.712. The normalized spacial score (nSPS) is 21.3. The smallest absolute Gasteiger partial charge is 0.191 e. The molecule has 0 radical (unpaired) electrons. The fourth-order valence-electron chi connectivity index (χ4n) is 0.678. The quantitative estimate of drug-likeness (QED) is 0.539. The molecule has 0 unspecified atom stereocenters. The summed E-state index contributed by atoms with van der Waals surface area (Å²) in [7, 11) is 0. The molecule has 3 nitrogen and oxygen atoms in total. The maximum absolute atomic E-state index is 4.09. The molecule has 1 N–H and O–H groups in total. The molecule has 2 rings (SSSR count). The van der Waals surface area contributed by atoms with Crippen molar-refractivity contribution in [1.82, 2.24) is 10.4 Å². The van der Waals surface area contributed by atoms with E-state index in [-0.39, 0.29) is 0 Å². The number of amidine groups is 1. The Balaban J connectivity index is 2.29. The van der Waals surface area contributed by atoms with Gasteiger partial charge in [-0.15, -0.1) is 0 Å². The lowest BCUT2D eigenvalue weighted by molar-refractivity contribution is 0.486. The first-order chi connectivity index (χ1) is 4.47. The summed E-state index contributed by atoms with van der Waals surface area (Å²) in [5, 5.41) is 4.83. The Hall–Kier alpha value is -0.900. The highest BCUT2D eigenvalue weighted by molar-refractivity contribution is 8.16. The maximum Gasteiger partial charge on any atom is 0.191 e. The fourth-order valence-corrected chi connectivity index (χ4v) is 1.33. The van der Waals surface area contributed by atoms with Gasteiger partial charge < -0.3 is 0 Å². The molecule has 46 valence electrons. The number of nitrogens with zero attached hydrogens (tertiary/aromatic N) is 2. The fraction of sp³-hybridized carbons (Fsp3) is 0. The standard InChI is InChI=1S/C5H5N3S/c1-2-7-8-3-4-9-5(8)6-1/h1-4,7H. The topological polar surface area (TPSA) is 27.6 Å². The molecule has 4 heteroatoms. The van der Waals surface area contributed by atoms with Crippen LogP contribution in [0.5, 0.6) is 0 Å². The van der Waals surface area contributed by atoms with Crippen LogP contribution in [0.1, 0.15) is 0 Å². The molecule has 0 amide bonds. The van der Waals surface area contributed by atoms with Gasteiger partial charge in [-0.3, -0.25) is 5.43 Å². The summed E-state index contributed by atoms with van der Waals surface area (Å²) in [6, 6.07) is 0. The molecule has 0 aromatic heterocycles. The zero-order chi connectivity index (χ0) is 6.10. The Labute approximate surface area is 57.1 Å². The minimum atomic E-state index is 0.984. The molecular formula is C5H5N3S. The van der Waals surface area contributed by atoms with Crippen molar-refractivity contribution in [3.63, 3.8) is 0 Å². The van der Waals surface area contributed by atoms with Crippen LogP contribution in [0, 0.1) is 0 Å². The highest BCUT2D eigenvalue weighted by Crippen LogP contribution is 2.18. The van der Waals surface area contributed by atoms with Crippen LogP contribution in [0.2, 0.25) is 0 Å². The van der Waals surface area contributed by atoms with E-state index >= 15 is 0 Å². The maximum atomic E-state index is 4.09. The molecule has 0 fully saturated rings. The van der Waals surface area contributed by atoms with Gasteiger partial charge in [0.05, 0.1) is 0 Å². The Morgan fingerprint density at radius 1 is 1.67 bits per heavy atom. The average molecular weight is 139 g/mol. The van der Waals surface area contributed by atoms with Crippen LogP contribution in [-0.4, -0.2) is 10.2 Å². The number of thioether (sulfide) groups is 1. The molecular weight excluding hydrogens is 134 g/mol. The van der Waals surface area contributed by atoms with E-state index in [1.807, 2.05) is 16.6 Å². The molecule has 0 spiro atoms. The van der Waals surface area contributed by atoms with E-state index in [1.54, 1.807) is 24.2 Å². The molecule has 0 saturated carbocycles. The summed E-state index contributed by atoms with van der Waals surface area (Å²) in [5.41, 5.74) is 3.00. The summed E-state index contributed by atoms with van der Waals surface area (Å²) < 4.78 is 0. The number of hydrazine groups is 1. The molecule has 0 aromatic rings. The lowest BCUT2D eigenvalue weighted by atomic mass is 10.8. The van der Waals surface area contributed by atoms with Crippen LogP contribution in [0.25, 0.3) is 0 Å². The Kier molecular flexibility index (Phi) is 0.989. The van der Waals surface area contributed by atoms with E-state index in [1.165, 1.54) is 0 Å². The number of rotatable bonds is 0. The van der Waals surface area contributed by atoms with Crippen LogP contribution in [0.3, 0.4) is 0 Å². The molecule has 9 heavy (non-hydrogen) atoms. The van der Waals surface area contributed by atoms with E-state index < -0.39 is 0 Å². The van der Waals surface area contributed by atoms with E-state index in [9.17, 15) is 0 Å². The molecule has 0 bridgehead atoms. The second kappa shape index (κ2) is 1.80. The molecule has 0 aromatic carbocycles. The van der Waals surface area contributed by atoms with Gasteiger partial charge in [-0.25, -0.2) is 10.0 Å². The van der Waals surface area contributed by atoms with E-state index in [2.05, 4.69) is 10.4 Å². The first-order valence-electron chi connectivity index (χ1n) is 2.58.